The van der Waals surface area contributed by atoms with Crippen LogP contribution in [0.2, 0.25) is 0 Å². The first-order valence-electron chi connectivity index (χ1n) is 4.77. The molecule has 0 fully saturated rings. The number of aliphatic hydroxyl groups excluding tert-OH is 1. The van der Waals surface area contributed by atoms with Crippen molar-refractivity contribution in [3.8, 4) is 0 Å². The molecule has 0 bridgehead atoms. The minimum Gasteiger partial charge on any atom is -0.379 e. The highest BCUT2D eigenvalue weighted by molar-refractivity contribution is 5.35. The van der Waals surface area contributed by atoms with Gasteiger partial charge in [0.1, 0.15) is 0 Å². The molecule has 0 radical (unpaired) electrons. The molecular weight excluding hydrogens is 307 g/mol. The number of aliphatic hydroxyl groups is 1. The molecule has 1 atom stereocenters. The fourth-order valence-corrected chi connectivity index (χ4v) is 1.33. The Hall–Kier alpha value is -1.45. The van der Waals surface area contributed by atoms with Gasteiger partial charge >= 0.3 is 18.5 Å². The predicted octanol–water partition coefficient (Wildman–Crippen LogP) is 4.32. The van der Waals surface area contributed by atoms with Crippen molar-refractivity contribution in [3.05, 3.63) is 34.9 Å². The maximum atomic E-state index is 12.4. The van der Waals surface area contributed by atoms with Crippen molar-refractivity contribution < 1.29 is 44.6 Å². The van der Waals surface area contributed by atoms with Crippen molar-refractivity contribution in [1.29, 1.82) is 0 Å². The molecule has 0 amide bonds. The highest BCUT2D eigenvalue weighted by Crippen LogP contribution is 2.40. The lowest BCUT2D eigenvalue weighted by atomic mass is 10.0. The van der Waals surface area contributed by atoms with Crippen molar-refractivity contribution in [3.63, 3.8) is 0 Å². The van der Waals surface area contributed by atoms with E-state index >= 15 is 0 Å². The van der Waals surface area contributed by atoms with E-state index in [-0.39, 0.29) is 18.2 Å². The zero-order valence-electron chi connectivity index (χ0n) is 9.16. The van der Waals surface area contributed by atoms with E-state index < -0.39 is 41.3 Å². The molecule has 0 heterocycles. The SMILES string of the molecule is O[C@@H](c1cc(C(F)(F)F)cc(C(F)(F)F)c1)C(F)(F)F. The van der Waals surface area contributed by atoms with Crippen LogP contribution < -0.4 is 0 Å². The summed E-state index contributed by atoms with van der Waals surface area (Å²) >= 11 is 0. The van der Waals surface area contributed by atoms with E-state index in [2.05, 4.69) is 0 Å². The standard InChI is InChI=1S/C10H5F9O/c11-8(12,13)5-1-4(7(20)10(17,18)19)2-6(3-5)9(14,15)16/h1-3,7,20H/t7-/m0/s1. The van der Waals surface area contributed by atoms with E-state index in [1.807, 2.05) is 0 Å². The Balaban J connectivity index is 3.47. The zero-order chi connectivity index (χ0) is 15.9. The summed E-state index contributed by atoms with van der Waals surface area (Å²) in [6.45, 7) is 0. The second-order valence-corrected chi connectivity index (χ2v) is 3.78. The van der Waals surface area contributed by atoms with Gasteiger partial charge in [0.25, 0.3) is 0 Å². The van der Waals surface area contributed by atoms with Gasteiger partial charge in [-0.1, -0.05) is 0 Å². The van der Waals surface area contributed by atoms with Crippen LogP contribution in [0.5, 0.6) is 0 Å². The van der Waals surface area contributed by atoms with Crippen molar-refractivity contribution in [2.75, 3.05) is 0 Å². The molecule has 1 N–H and O–H groups in total. The molecule has 0 aromatic heterocycles. The quantitative estimate of drug-likeness (QED) is 0.766. The minimum absolute atomic E-state index is 0.173. The molecule has 20 heavy (non-hydrogen) atoms. The van der Waals surface area contributed by atoms with Crippen molar-refractivity contribution >= 4 is 0 Å². The second kappa shape index (κ2) is 4.83. The highest BCUT2D eigenvalue weighted by atomic mass is 19.4. The third-order valence-corrected chi connectivity index (χ3v) is 2.24. The average Bonchev–Trinajstić information content (AvgIpc) is 2.23. The van der Waals surface area contributed by atoms with Crippen LogP contribution in [-0.4, -0.2) is 11.3 Å². The van der Waals surface area contributed by atoms with Crippen LogP contribution in [0.15, 0.2) is 18.2 Å². The van der Waals surface area contributed by atoms with Gasteiger partial charge in [-0.25, -0.2) is 0 Å². The summed E-state index contributed by atoms with van der Waals surface area (Å²) in [7, 11) is 0. The van der Waals surface area contributed by atoms with Crippen molar-refractivity contribution in [2.45, 2.75) is 24.6 Å². The third kappa shape index (κ3) is 3.78. The Bertz CT molecular complexity index is 451. The van der Waals surface area contributed by atoms with Crippen LogP contribution in [-0.2, 0) is 12.4 Å². The predicted molar refractivity (Wildman–Crippen MR) is 47.5 cm³/mol. The lowest BCUT2D eigenvalue weighted by Crippen LogP contribution is -2.22. The van der Waals surface area contributed by atoms with Crippen LogP contribution in [0.1, 0.15) is 22.8 Å². The third-order valence-electron chi connectivity index (χ3n) is 2.24. The fourth-order valence-electron chi connectivity index (χ4n) is 1.33. The Labute approximate surface area is 105 Å². The maximum absolute atomic E-state index is 12.4. The fraction of sp³-hybridized carbons (Fsp3) is 0.400. The lowest BCUT2D eigenvalue weighted by molar-refractivity contribution is -0.207. The van der Waals surface area contributed by atoms with Gasteiger partial charge in [0, 0.05) is 0 Å². The van der Waals surface area contributed by atoms with Crippen LogP contribution in [0.25, 0.3) is 0 Å². The van der Waals surface area contributed by atoms with Gasteiger partial charge in [0.15, 0.2) is 6.10 Å². The first-order valence-corrected chi connectivity index (χ1v) is 4.77. The molecule has 10 heteroatoms. The molecule has 0 aliphatic rings. The molecule has 1 nitrogen and oxygen atoms in total. The second-order valence-electron chi connectivity index (χ2n) is 3.78. The van der Waals surface area contributed by atoms with Crippen LogP contribution in [0.4, 0.5) is 39.5 Å². The Morgan fingerprint density at radius 2 is 1.05 bits per heavy atom. The molecule has 0 unspecified atom stereocenters. The summed E-state index contributed by atoms with van der Waals surface area (Å²) < 4.78 is 111. The molecule has 0 saturated heterocycles. The molecule has 0 saturated carbocycles. The number of benzene rings is 1. The van der Waals surface area contributed by atoms with Crippen LogP contribution in [0, 0.1) is 0 Å². The van der Waals surface area contributed by atoms with E-state index in [1.54, 1.807) is 0 Å². The molecule has 0 aliphatic heterocycles. The number of hydrogen-bond donors (Lipinski definition) is 1. The molecule has 1 aromatic carbocycles. The smallest absolute Gasteiger partial charge is 0.379 e. The van der Waals surface area contributed by atoms with Gasteiger partial charge in [0.05, 0.1) is 11.1 Å². The number of alkyl halides is 9. The first kappa shape index (κ1) is 16.6. The Morgan fingerprint density at radius 3 is 1.30 bits per heavy atom. The van der Waals surface area contributed by atoms with Crippen LogP contribution >= 0.6 is 0 Å². The summed E-state index contributed by atoms with van der Waals surface area (Å²) in [4.78, 5) is 0. The molecule has 1 rings (SSSR count). The van der Waals surface area contributed by atoms with E-state index in [0.29, 0.717) is 0 Å². The van der Waals surface area contributed by atoms with Gasteiger partial charge in [-0.05, 0) is 23.8 Å². The zero-order valence-corrected chi connectivity index (χ0v) is 9.16. The minimum atomic E-state index is -5.38. The number of rotatable bonds is 1. The average molecular weight is 312 g/mol. The van der Waals surface area contributed by atoms with E-state index in [1.165, 1.54) is 0 Å². The van der Waals surface area contributed by atoms with Gasteiger partial charge < -0.3 is 5.11 Å². The lowest BCUT2D eigenvalue weighted by Gasteiger charge is -2.19. The largest absolute Gasteiger partial charge is 0.418 e. The summed E-state index contributed by atoms with van der Waals surface area (Å²) in [6, 6.07) is -0.673. The van der Waals surface area contributed by atoms with E-state index in [4.69, 9.17) is 5.11 Å². The topological polar surface area (TPSA) is 20.2 Å². The molecule has 0 aliphatic carbocycles. The Kier molecular flexibility index (Phi) is 4.01. The van der Waals surface area contributed by atoms with Crippen molar-refractivity contribution in [2.24, 2.45) is 0 Å². The van der Waals surface area contributed by atoms with Gasteiger partial charge in [-0.2, -0.15) is 39.5 Å². The summed E-state index contributed by atoms with van der Waals surface area (Å²) in [5.74, 6) is 0. The van der Waals surface area contributed by atoms with Gasteiger partial charge in [0.2, 0.25) is 0 Å². The maximum Gasteiger partial charge on any atom is 0.418 e. The Morgan fingerprint density at radius 1 is 0.700 bits per heavy atom. The van der Waals surface area contributed by atoms with Crippen LogP contribution in [0.3, 0.4) is 0 Å². The highest BCUT2D eigenvalue weighted by Gasteiger charge is 2.43. The summed E-state index contributed by atoms with van der Waals surface area (Å²) in [5.41, 5.74) is -5.38. The van der Waals surface area contributed by atoms with E-state index in [0.717, 1.165) is 0 Å². The summed E-state index contributed by atoms with van der Waals surface area (Å²) in [6.07, 6.45) is -19.4. The molecule has 1 aromatic rings. The number of halogens is 9. The monoisotopic (exact) mass is 312 g/mol. The molecular formula is C10H5F9O. The van der Waals surface area contributed by atoms with Gasteiger partial charge in [-0.3, -0.25) is 0 Å². The normalized spacial score (nSPS) is 15.3. The number of hydrogen-bond acceptors (Lipinski definition) is 1. The molecule has 0 spiro atoms. The summed E-state index contributed by atoms with van der Waals surface area (Å²) in [5, 5.41) is 8.78. The van der Waals surface area contributed by atoms with Crippen molar-refractivity contribution in [1.82, 2.24) is 0 Å². The van der Waals surface area contributed by atoms with Gasteiger partial charge in [-0.15, -0.1) is 0 Å². The first-order chi connectivity index (χ1) is 8.73. The van der Waals surface area contributed by atoms with E-state index in [9.17, 15) is 39.5 Å². The molecule has 114 valence electrons.